The fourth-order valence-electron chi connectivity index (χ4n) is 2.47. The summed E-state index contributed by atoms with van der Waals surface area (Å²) in [7, 11) is 1.23. The Labute approximate surface area is 153 Å². The third-order valence-electron chi connectivity index (χ3n) is 4.05. The van der Waals surface area contributed by atoms with Gasteiger partial charge in [0.1, 0.15) is 10.8 Å². The van der Waals surface area contributed by atoms with Gasteiger partial charge in [-0.15, -0.1) is 11.3 Å². The number of amides is 2. The highest BCUT2D eigenvalue weighted by Crippen LogP contribution is 2.37. The van der Waals surface area contributed by atoms with E-state index >= 15 is 0 Å². The molecule has 2 aromatic rings. The van der Waals surface area contributed by atoms with Crippen LogP contribution in [0.15, 0.2) is 24.3 Å². The molecule has 136 valence electrons. The maximum absolute atomic E-state index is 13.8. The van der Waals surface area contributed by atoms with Crippen LogP contribution in [0.5, 0.6) is 0 Å². The van der Waals surface area contributed by atoms with E-state index in [1.54, 1.807) is 13.0 Å². The van der Waals surface area contributed by atoms with Gasteiger partial charge in [-0.05, 0) is 37.5 Å². The average molecular weight is 376 g/mol. The smallest absolute Gasteiger partial charge is 0.341 e. The van der Waals surface area contributed by atoms with Gasteiger partial charge < -0.3 is 15.4 Å². The lowest BCUT2D eigenvalue weighted by Gasteiger charge is -2.06. The van der Waals surface area contributed by atoms with Crippen LogP contribution in [0.2, 0.25) is 0 Å². The van der Waals surface area contributed by atoms with E-state index in [0.29, 0.717) is 5.56 Å². The molecule has 2 amide bonds. The van der Waals surface area contributed by atoms with Crippen LogP contribution in [0, 0.1) is 18.7 Å². The standard InChI is InChI=1S/C18H17FN2O4S/c1-9-13(18(24)25-2)17(21-15(22)10-7-8-10)26-14(9)16(23)20-12-6-4-3-5-11(12)19/h3-6,10H,7-8H2,1-2H3,(H,20,23)(H,21,22). The minimum Gasteiger partial charge on any atom is -0.465 e. The Morgan fingerprint density at radius 2 is 1.88 bits per heavy atom. The van der Waals surface area contributed by atoms with E-state index in [-0.39, 0.29) is 33.0 Å². The number of esters is 1. The molecule has 0 atom stereocenters. The summed E-state index contributed by atoms with van der Waals surface area (Å²) in [4.78, 5) is 36.9. The Morgan fingerprint density at radius 1 is 1.19 bits per heavy atom. The molecule has 1 aromatic heterocycles. The molecule has 6 nitrogen and oxygen atoms in total. The predicted octanol–water partition coefficient (Wildman–Crippen LogP) is 3.58. The van der Waals surface area contributed by atoms with E-state index in [4.69, 9.17) is 4.74 Å². The maximum Gasteiger partial charge on any atom is 0.341 e. The summed E-state index contributed by atoms with van der Waals surface area (Å²) >= 11 is 0.969. The minimum absolute atomic E-state index is 0.0356. The number of methoxy groups -OCH3 is 1. The van der Waals surface area contributed by atoms with Crippen molar-refractivity contribution in [1.82, 2.24) is 0 Å². The molecule has 8 heteroatoms. The Bertz CT molecular complexity index is 889. The number of benzene rings is 1. The first-order chi connectivity index (χ1) is 12.4. The molecule has 1 aliphatic rings. The van der Waals surface area contributed by atoms with Crippen LogP contribution in [0.25, 0.3) is 0 Å². The molecular weight excluding hydrogens is 359 g/mol. The van der Waals surface area contributed by atoms with Crippen molar-refractivity contribution in [2.75, 3.05) is 17.7 Å². The molecule has 1 aliphatic carbocycles. The summed E-state index contributed by atoms with van der Waals surface area (Å²) < 4.78 is 18.5. The second kappa shape index (κ2) is 7.25. The van der Waals surface area contributed by atoms with E-state index < -0.39 is 17.7 Å². The zero-order chi connectivity index (χ0) is 18.8. The third-order valence-corrected chi connectivity index (χ3v) is 5.26. The van der Waals surface area contributed by atoms with E-state index in [2.05, 4.69) is 10.6 Å². The number of anilines is 2. The highest BCUT2D eigenvalue weighted by atomic mass is 32.1. The molecule has 0 saturated heterocycles. The van der Waals surface area contributed by atoms with Crippen molar-refractivity contribution in [2.45, 2.75) is 19.8 Å². The van der Waals surface area contributed by atoms with Crippen molar-refractivity contribution in [2.24, 2.45) is 5.92 Å². The van der Waals surface area contributed by atoms with Crippen molar-refractivity contribution in [3.8, 4) is 0 Å². The lowest BCUT2D eigenvalue weighted by molar-refractivity contribution is -0.117. The number of ether oxygens (including phenoxy) is 1. The molecule has 0 bridgehead atoms. The molecule has 1 saturated carbocycles. The van der Waals surface area contributed by atoms with Crippen molar-refractivity contribution in [3.05, 3.63) is 46.1 Å². The highest BCUT2D eigenvalue weighted by molar-refractivity contribution is 7.19. The number of hydrogen-bond donors (Lipinski definition) is 2. The first kappa shape index (κ1) is 18.1. The number of rotatable bonds is 5. The highest BCUT2D eigenvalue weighted by Gasteiger charge is 2.32. The van der Waals surface area contributed by atoms with Gasteiger partial charge in [-0.25, -0.2) is 9.18 Å². The fraction of sp³-hybridized carbons (Fsp3) is 0.278. The maximum atomic E-state index is 13.8. The molecule has 2 N–H and O–H groups in total. The molecule has 1 aromatic carbocycles. The average Bonchev–Trinajstić information content (AvgIpc) is 3.41. The summed E-state index contributed by atoms with van der Waals surface area (Å²) in [5, 5.41) is 5.46. The van der Waals surface area contributed by atoms with Gasteiger partial charge >= 0.3 is 5.97 Å². The topological polar surface area (TPSA) is 84.5 Å². The van der Waals surface area contributed by atoms with Crippen molar-refractivity contribution >= 4 is 39.8 Å². The zero-order valence-corrected chi connectivity index (χ0v) is 15.0. The van der Waals surface area contributed by atoms with Crippen molar-refractivity contribution in [3.63, 3.8) is 0 Å². The summed E-state index contributed by atoms with van der Waals surface area (Å²) in [6.07, 6.45) is 1.62. The Kier molecular flexibility index (Phi) is 5.03. The molecule has 0 unspecified atom stereocenters. The van der Waals surface area contributed by atoms with Crippen LogP contribution in [0.3, 0.4) is 0 Å². The first-order valence-corrected chi connectivity index (χ1v) is 8.82. The number of carbonyl (C=O) groups is 3. The van der Waals surface area contributed by atoms with Gasteiger partial charge in [-0.2, -0.15) is 0 Å². The first-order valence-electron chi connectivity index (χ1n) is 8.00. The van der Waals surface area contributed by atoms with Gasteiger partial charge in [0.05, 0.1) is 23.2 Å². The van der Waals surface area contributed by atoms with Gasteiger partial charge in [0.15, 0.2) is 0 Å². The second-order valence-corrected chi connectivity index (χ2v) is 6.97. The molecule has 1 heterocycles. The molecular formula is C18H17FN2O4S. The molecule has 0 radical (unpaired) electrons. The fourth-order valence-corrected chi connectivity index (χ4v) is 3.56. The summed E-state index contributed by atoms with van der Waals surface area (Å²) in [6, 6.07) is 5.79. The van der Waals surface area contributed by atoms with E-state index in [1.807, 2.05) is 0 Å². The van der Waals surface area contributed by atoms with Crippen LogP contribution in [-0.4, -0.2) is 24.9 Å². The van der Waals surface area contributed by atoms with E-state index in [1.165, 1.54) is 25.3 Å². The number of carbonyl (C=O) groups excluding carboxylic acids is 3. The van der Waals surface area contributed by atoms with E-state index in [0.717, 1.165) is 24.2 Å². The third kappa shape index (κ3) is 3.60. The van der Waals surface area contributed by atoms with Gasteiger partial charge in [-0.3, -0.25) is 9.59 Å². The number of hydrogen-bond acceptors (Lipinski definition) is 5. The lowest BCUT2D eigenvalue weighted by Crippen LogP contribution is -2.15. The van der Waals surface area contributed by atoms with Gasteiger partial charge in [0.25, 0.3) is 5.91 Å². The van der Waals surface area contributed by atoms with Gasteiger partial charge in [0, 0.05) is 5.92 Å². The molecule has 3 rings (SSSR count). The summed E-state index contributed by atoms with van der Waals surface area (Å²) in [6.45, 7) is 1.59. The van der Waals surface area contributed by atoms with Crippen molar-refractivity contribution < 1.29 is 23.5 Å². The molecule has 1 fully saturated rings. The van der Waals surface area contributed by atoms with Crippen LogP contribution < -0.4 is 10.6 Å². The van der Waals surface area contributed by atoms with Crippen LogP contribution in [0.4, 0.5) is 15.1 Å². The van der Waals surface area contributed by atoms with Crippen LogP contribution >= 0.6 is 11.3 Å². The molecule has 26 heavy (non-hydrogen) atoms. The Hall–Kier alpha value is -2.74. The summed E-state index contributed by atoms with van der Waals surface area (Å²) in [5.74, 6) is -2.01. The van der Waals surface area contributed by atoms with Crippen LogP contribution in [-0.2, 0) is 9.53 Å². The number of halogens is 1. The SMILES string of the molecule is COC(=O)c1c(NC(=O)C2CC2)sc(C(=O)Nc2ccccc2F)c1C. The second-order valence-electron chi connectivity index (χ2n) is 5.95. The monoisotopic (exact) mass is 376 g/mol. The number of nitrogens with one attached hydrogen (secondary N) is 2. The lowest BCUT2D eigenvalue weighted by atomic mass is 10.1. The largest absolute Gasteiger partial charge is 0.465 e. The summed E-state index contributed by atoms with van der Waals surface area (Å²) in [5.41, 5.74) is 0.556. The van der Waals surface area contributed by atoms with Gasteiger partial charge in [-0.1, -0.05) is 12.1 Å². The van der Waals surface area contributed by atoms with Crippen LogP contribution in [0.1, 0.15) is 38.4 Å². The Morgan fingerprint density at radius 3 is 2.50 bits per heavy atom. The Balaban J connectivity index is 1.92. The minimum atomic E-state index is -0.644. The van der Waals surface area contributed by atoms with Crippen molar-refractivity contribution in [1.29, 1.82) is 0 Å². The number of para-hydroxylation sites is 1. The quantitative estimate of drug-likeness (QED) is 0.781. The molecule has 0 spiro atoms. The predicted molar refractivity (Wildman–Crippen MR) is 96.1 cm³/mol. The normalized spacial score (nSPS) is 13.2. The van der Waals surface area contributed by atoms with E-state index in [9.17, 15) is 18.8 Å². The number of thiophene rings is 1. The van der Waals surface area contributed by atoms with Gasteiger partial charge in [0.2, 0.25) is 5.91 Å². The molecule has 0 aliphatic heterocycles. The zero-order valence-electron chi connectivity index (χ0n) is 14.2.